The Morgan fingerprint density at radius 2 is 2.29 bits per heavy atom. The van der Waals surface area contributed by atoms with Crippen LogP contribution in [0.15, 0.2) is 33.4 Å². The summed E-state index contributed by atoms with van der Waals surface area (Å²) in [5, 5.41) is 13.6. The maximum Gasteiger partial charge on any atom is 0.275 e. The SMILES string of the molecule is CNc1cc([N+](=O)[O-])cc(-c2occc2Br)n1. The van der Waals surface area contributed by atoms with Crippen molar-refractivity contribution in [2.24, 2.45) is 0 Å². The molecule has 0 saturated carbocycles. The Kier molecular flexibility index (Phi) is 3.10. The molecule has 1 N–H and O–H groups in total. The van der Waals surface area contributed by atoms with Gasteiger partial charge < -0.3 is 9.73 Å². The van der Waals surface area contributed by atoms with Crippen LogP contribution in [0.5, 0.6) is 0 Å². The molecule has 0 aliphatic heterocycles. The van der Waals surface area contributed by atoms with Gasteiger partial charge in [-0.25, -0.2) is 4.98 Å². The van der Waals surface area contributed by atoms with Crippen LogP contribution < -0.4 is 5.32 Å². The highest BCUT2D eigenvalue weighted by atomic mass is 79.9. The number of furan rings is 1. The third-order valence-electron chi connectivity index (χ3n) is 2.13. The average Bonchev–Trinajstić information content (AvgIpc) is 2.74. The van der Waals surface area contributed by atoms with Crippen LogP contribution in [0.2, 0.25) is 0 Å². The monoisotopic (exact) mass is 297 g/mol. The summed E-state index contributed by atoms with van der Waals surface area (Å²) in [6.45, 7) is 0. The highest BCUT2D eigenvalue weighted by Crippen LogP contribution is 2.31. The number of rotatable bonds is 3. The topological polar surface area (TPSA) is 81.2 Å². The quantitative estimate of drug-likeness (QED) is 0.695. The van der Waals surface area contributed by atoms with Crippen molar-refractivity contribution in [3.63, 3.8) is 0 Å². The molecule has 6 nitrogen and oxygen atoms in total. The Hall–Kier alpha value is -1.89. The minimum atomic E-state index is -0.469. The van der Waals surface area contributed by atoms with Gasteiger partial charge in [-0.05, 0) is 22.0 Å². The maximum atomic E-state index is 10.8. The predicted molar refractivity (Wildman–Crippen MR) is 65.8 cm³/mol. The molecule has 0 bridgehead atoms. The van der Waals surface area contributed by atoms with Crippen LogP contribution >= 0.6 is 15.9 Å². The Bertz CT molecular complexity index is 568. The fourth-order valence-electron chi connectivity index (χ4n) is 1.34. The molecule has 0 fully saturated rings. The second-order valence-corrected chi connectivity index (χ2v) is 4.05. The van der Waals surface area contributed by atoms with E-state index in [0.717, 1.165) is 0 Å². The highest BCUT2D eigenvalue weighted by molar-refractivity contribution is 9.10. The Balaban J connectivity index is 2.58. The van der Waals surface area contributed by atoms with Gasteiger partial charge in [-0.2, -0.15) is 0 Å². The molecule has 0 aromatic carbocycles. The van der Waals surface area contributed by atoms with E-state index in [1.165, 1.54) is 18.4 Å². The first-order chi connectivity index (χ1) is 8.11. The van der Waals surface area contributed by atoms with Crippen molar-refractivity contribution < 1.29 is 9.34 Å². The molecular formula is C10H8BrN3O3. The number of nitro groups is 1. The number of anilines is 1. The Morgan fingerprint density at radius 3 is 2.82 bits per heavy atom. The first-order valence-electron chi connectivity index (χ1n) is 4.69. The van der Waals surface area contributed by atoms with Crippen molar-refractivity contribution in [3.05, 3.63) is 39.0 Å². The van der Waals surface area contributed by atoms with Gasteiger partial charge in [-0.15, -0.1) is 0 Å². The van der Waals surface area contributed by atoms with Crippen LogP contribution in [0.4, 0.5) is 11.5 Å². The summed E-state index contributed by atoms with van der Waals surface area (Å²) in [5.41, 5.74) is 0.364. The first-order valence-corrected chi connectivity index (χ1v) is 5.48. The first kappa shape index (κ1) is 11.6. The second kappa shape index (κ2) is 4.54. The zero-order chi connectivity index (χ0) is 12.4. The van der Waals surface area contributed by atoms with Gasteiger partial charge in [-0.1, -0.05) is 0 Å². The lowest BCUT2D eigenvalue weighted by atomic mass is 10.2. The van der Waals surface area contributed by atoms with Crippen molar-refractivity contribution >= 4 is 27.4 Å². The smallest absolute Gasteiger partial charge is 0.275 e. The van der Waals surface area contributed by atoms with E-state index in [9.17, 15) is 10.1 Å². The van der Waals surface area contributed by atoms with E-state index in [4.69, 9.17) is 4.42 Å². The summed E-state index contributed by atoms with van der Waals surface area (Å²) in [7, 11) is 1.65. The zero-order valence-electron chi connectivity index (χ0n) is 8.81. The third kappa shape index (κ3) is 2.28. The molecular weight excluding hydrogens is 290 g/mol. The van der Waals surface area contributed by atoms with E-state index in [-0.39, 0.29) is 5.69 Å². The van der Waals surface area contributed by atoms with Crippen LogP contribution in [0.3, 0.4) is 0 Å². The molecule has 0 aliphatic carbocycles. The number of halogens is 1. The van der Waals surface area contributed by atoms with E-state index in [1.807, 2.05) is 0 Å². The standard InChI is InChI=1S/C10H8BrN3O3/c1-12-9-5-6(14(15)16)4-8(13-9)10-7(11)2-3-17-10/h2-5H,1H3,(H,12,13). The Morgan fingerprint density at radius 1 is 1.53 bits per heavy atom. The van der Waals surface area contributed by atoms with Gasteiger partial charge in [0.25, 0.3) is 5.69 Å². The van der Waals surface area contributed by atoms with Gasteiger partial charge in [0, 0.05) is 13.1 Å². The lowest BCUT2D eigenvalue weighted by Crippen LogP contribution is -1.97. The van der Waals surface area contributed by atoms with Crippen LogP contribution in [-0.2, 0) is 0 Å². The number of hydrogen-bond donors (Lipinski definition) is 1. The molecule has 0 radical (unpaired) electrons. The minimum Gasteiger partial charge on any atom is -0.461 e. The van der Waals surface area contributed by atoms with E-state index in [1.54, 1.807) is 13.1 Å². The summed E-state index contributed by atoms with van der Waals surface area (Å²) in [6, 6.07) is 4.43. The number of hydrogen-bond acceptors (Lipinski definition) is 5. The molecule has 88 valence electrons. The number of nitrogens with one attached hydrogen (secondary N) is 1. The molecule has 7 heteroatoms. The summed E-state index contributed by atoms with van der Waals surface area (Å²) in [6.07, 6.45) is 1.49. The van der Waals surface area contributed by atoms with Crippen LogP contribution in [0.1, 0.15) is 0 Å². The normalized spacial score (nSPS) is 10.2. The van der Waals surface area contributed by atoms with Gasteiger partial charge in [0.15, 0.2) is 5.76 Å². The molecule has 2 aromatic rings. The van der Waals surface area contributed by atoms with E-state index < -0.39 is 4.92 Å². The summed E-state index contributed by atoms with van der Waals surface area (Å²) in [5.74, 6) is 0.878. The number of aromatic nitrogens is 1. The summed E-state index contributed by atoms with van der Waals surface area (Å²) in [4.78, 5) is 14.5. The average molecular weight is 298 g/mol. The van der Waals surface area contributed by atoms with Gasteiger partial charge >= 0.3 is 0 Å². The van der Waals surface area contributed by atoms with Gasteiger partial charge in [0.2, 0.25) is 0 Å². The lowest BCUT2D eigenvalue weighted by Gasteiger charge is -2.02. The van der Waals surface area contributed by atoms with Crippen molar-refractivity contribution in [1.29, 1.82) is 0 Å². The molecule has 0 aliphatic rings. The van der Waals surface area contributed by atoms with Crippen molar-refractivity contribution in [2.45, 2.75) is 0 Å². The second-order valence-electron chi connectivity index (χ2n) is 3.20. The molecule has 2 heterocycles. The fraction of sp³-hybridized carbons (Fsp3) is 0.100. The molecule has 17 heavy (non-hydrogen) atoms. The van der Waals surface area contributed by atoms with E-state index in [0.29, 0.717) is 21.7 Å². The van der Waals surface area contributed by atoms with Crippen LogP contribution in [-0.4, -0.2) is 17.0 Å². The molecule has 2 rings (SSSR count). The maximum absolute atomic E-state index is 10.8. The molecule has 0 saturated heterocycles. The van der Waals surface area contributed by atoms with Crippen molar-refractivity contribution in [1.82, 2.24) is 4.98 Å². The predicted octanol–water partition coefficient (Wildman–Crippen LogP) is 3.05. The lowest BCUT2D eigenvalue weighted by molar-refractivity contribution is -0.384. The number of nitrogens with zero attached hydrogens (tertiary/aromatic N) is 2. The summed E-state index contributed by atoms with van der Waals surface area (Å²) >= 11 is 3.29. The summed E-state index contributed by atoms with van der Waals surface area (Å²) < 4.78 is 5.93. The third-order valence-corrected chi connectivity index (χ3v) is 2.75. The largest absolute Gasteiger partial charge is 0.461 e. The van der Waals surface area contributed by atoms with Gasteiger partial charge in [0.1, 0.15) is 11.5 Å². The molecule has 0 unspecified atom stereocenters. The van der Waals surface area contributed by atoms with E-state index in [2.05, 4.69) is 26.2 Å². The zero-order valence-corrected chi connectivity index (χ0v) is 10.4. The van der Waals surface area contributed by atoms with Gasteiger partial charge in [0.05, 0.1) is 21.7 Å². The Labute approximate surface area is 105 Å². The van der Waals surface area contributed by atoms with Crippen LogP contribution in [0.25, 0.3) is 11.5 Å². The minimum absolute atomic E-state index is 0.0392. The number of pyridine rings is 1. The molecule has 2 aromatic heterocycles. The van der Waals surface area contributed by atoms with Gasteiger partial charge in [-0.3, -0.25) is 10.1 Å². The molecule has 0 amide bonds. The van der Waals surface area contributed by atoms with Crippen molar-refractivity contribution in [2.75, 3.05) is 12.4 Å². The highest BCUT2D eigenvalue weighted by Gasteiger charge is 2.15. The van der Waals surface area contributed by atoms with Crippen LogP contribution in [0, 0.1) is 10.1 Å². The molecule has 0 spiro atoms. The van der Waals surface area contributed by atoms with E-state index >= 15 is 0 Å². The van der Waals surface area contributed by atoms with Crippen molar-refractivity contribution in [3.8, 4) is 11.5 Å². The molecule has 0 atom stereocenters. The fourth-order valence-corrected chi connectivity index (χ4v) is 1.75.